The van der Waals surface area contributed by atoms with Crippen molar-refractivity contribution in [2.75, 3.05) is 13.1 Å². The van der Waals surface area contributed by atoms with Gasteiger partial charge in [-0.15, -0.1) is 0 Å². The van der Waals surface area contributed by atoms with Gasteiger partial charge < -0.3 is 21.3 Å². The van der Waals surface area contributed by atoms with Crippen molar-refractivity contribution in [3.05, 3.63) is 0 Å². The molecule has 2 fully saturated rings. The summed E-state index contributed by atoms with van der Waals surface area (Å²) in [5, 5.41) is 19.2. The highest BCUT2D eigenvalue weighted by Crippen LogP contribution is 2.30. The lowest BCUT2D eigenvalue weighted by atomic mass is 9.80. The number of nitrogens with one attached hydrogen (secondary N) is 1. The summed E-state index contributed by atoms with van der Waals surface area (Å²) in [6.07, 6.45) is 2.29. The number of carbonyl (C=O) groups excluding carboxylic acids is 1. The lowest BCUT2D eigenvalue weighted by Gasteiger charge is -2.29. The summed E-state index contributed by atoms with van der Waals surface area (Å²) >= 11 is 0. The molecule has 0 aromatic carbocycles. The van der Waals surface area contributed by atoms with E-state index in [1.54, 1.807) is 0 Å². The Bertz CT molecular complexity index is 526. The quantitative estimate of drug-likeness (QED) is 0.551. The van der Waals surface area contributed by atoms with Gasteiger partial charge in [0.1, 0.15) is 0 Å². The van der Waals surface area contributed by atoms with Gasteiger partial charge in [0.05, 0.1) is 5.92 Å². The predicted octanol–water partition coefficient (Wildman–Crippen LogP) is 2.39. The smallest absolute Gasteiger partial charge is 0.481 e. The van der Waals surface area contributed by atoms with Gasteiger partial charge in [0.2, 0.25) is 5.91 Å². The number of carboxylic acid groups (broad SMARTS) is 2. The van der Waals surface area contributed by atoms with E-state index in [0.29, 0.717) is 18.4 Å². The zero-order valence-electron chi connectivity index (χ0n) is 15.7. The van der Waals surface area contributed by atoms with Crippen LogP contribution in [0.1, 0.15) is 51.4 Å². The summed E-state index contributed by atoms with van der Waals surface area (Å²) in [4.78, 5) is 32.0. The molecule has 2 rings (SSSR count). The van der Waals surface area contributed by atoms with Gasteiger partial charge in [0.15, 0.2) is 0 Å². The topological polar surface area (TPSA) is 130 Å². The van der Waals surface area contributed by atoms with Gasteiger partial charge in [-0.3, -0.25) is 9.59 Å². The Balaban J connectivity index is 0.000000480. The van der Waals surface area contributed by atoms with Gasteiger partial charge >= 0.3 is 18.1 Å². The fourth-order valence-electron chi connectivity index (χ4n) is 3.66. The molecule has 2 aliphatic carbocycles. The van der Waals surface area contributed by atoms with Crippen molar-refractivity contribution in [2.45, 2.75) is 57.5 Å². The molecule has 0 spiro atoms. The van der Waals surface area contributed by atoms with E-state index in [4.69, 9.17) is 20.7 Å². The summed E-state index contributed by atoms with van der Waals surface area (Å²) in [5.41, 5.74) is 5.67. The molecule has 28 heavy (non-hydrogen) atoms. The molecule has 5 N–H and O–H groups in total. The van der Waals surface area contributed by atoms with E-state index in [1.165, 1.54) is 0 Å². The van der Waals surface area contributed by atoms with E-state index in [-0.39, 0.29) is 17.7 Å². The Kier molecular flexibility index (Phi) is 9.71. The van der Waals surface area contributed by atoms with Gasteiger partial charge in [-0.1, -0.05) is 0 Å². The van der Waals surface area contributed by atoms with Crippen molar-refractivity contribution in [1.29, 1.82) is 0 Å². The van der Waals surface area contributed by atoms with E-state index in [2.05, 4.69) is 5.32 Å². The molecule has 0 aliphatic heterocycles. The maximum Gasteiger partial charge on any atom is 0.490 e. The first-order chi connectivity index (χ1) is 13.0. The molecule has 2 aliphatic rings. The molecule has 0 saturated heterocycles. The van der Waals surface area contributed by atoms with Gasteiger partial charge in [0, 0.05) is 12.5 Å². The first-order valence-corrected chi connectivity index (χ1v) is 9.55. The highest BCUT2D eigenvalue weighted by molar-refractivity contribution is 5.78. The second-order valence-electron chi connectivity index (χ2n) is 7.56. The van der Waals surface area contributed by atoms with Crippen molar-refractivity contribution in [2.24, 2.45) is 29.4 Å². The maximum atomic E-state index is 12.2. The third kappa shape index (κ3) is 8.45. The molecule has 1 amide bonds. The molecule has 0 radical (unpaired) electrons. The third-order valence-electron chi connectivity index (χ3n) is 5.55. The number of aliphatic carboxylic acids is 2. The molecule has 0 atom stereocenters. The normalized spacial score (nSPS) is 27.9. The maximum absolute atomic E-state index is 12.2. The number of alkyl halides is 3. The third-order valence-corrected chi connectivity index (χ3v) is 5.55. The standard InChI is InChI=1S/C16H28N2O3.C2HF3O2/c17-9-11-1-5-13(6-2-11)15(19)18-10-12-3-7-14(8-4-12)16(20)21;3-2(4,5)1(6)7/h11-14H,1-10,17H2,(H,18,19)(H,20,21);(H,6,7). The van der Waals surface area contributed by atoms with Gasteiger partial charge in [0.25, 0.3) is 0 Å². The molecule has 10 heteroatoms. The second-order valence-corrected chi connectivity index (χ2v) is 7.56. The number of carboxylic acids is 2. The first kappa shape index (κ1) is 24.2. The van der Waals surface area contributed by atoms with Crippen LogP contribution in [-0.4, -0.2) is 47.3 Å². The zero-order chi connectivity index (χ0) is 21.3. The number of hydrogen-bond acceptors (Lipinski definition) is 4. The van der Waals surface area contributed by atoms with Gasteiger partial charge in [-0.25, -0.2) is 4.79 Å². The van der Waals surface area contributed by atoms with E-state index in [1.807, 2.05) is 0 Å². The molecule has 7 nitrogen and oxygen atoms in total. The molecule has 0 unspecified atom stereocenters. The van der Waals surface area contributed by atoms with Gasteiger partial charge in [-0.2, -0.15) is 13.2 Å². The molecule has 0 heterocycles. The Morgan fingerprint density at radius 1 is 0.857 bits per heavy atom. The summed E-state index contributed by atoms with van der Waals surface area (Å²) in [6, 6.07) is 0. The Morgan fingerprint density at radius 2 is 1.29 bits per heavy atom. The molecular weight excluding hydrogens is 381 g/mol. The van der Waals surface area contributed by atoms with E-state index < -0.39 is 18.1 Å². The van der Waals surface area contributed by atoms with Crippen LogP contribution < -0.4 is 11.1 Å². The highest BCUT2D eigenvalue weighted by atomic mass is 19.4. The average Bonchev–Trinajstić information content (AvgIpc) is 2.66. The fraction of sp³-hybridized carbons (Fsp3) is 0.833. The minimum absolute atomic E-state index is 0.156. The van der Waals surface area contributed by atoms with Crippen molar-refractivity contribution < 1.29 is 37.8 Å². The van der Waals surface area contributed by atoms with Crippen LogP contribution in [0.25, 0.3) is 0 Å². The lowest BCUT2D eigenvalue weighted by Crippen LogP contribution is -2.38. The number of rotatable bonds is 5. The fourth-order valence-corrected chi connectivity index (χ4v) is 3.66. The largest absolute Gasteiger partial charge is 0.490 e. The monoisotopic (exact) mass is 410 g/mol. The lowest BCUT2D eigenvalue weighted by molar-refractivity contribution is -0.192. The molecule has 0 aromatic rings. The Hall–Kier alpha value is -1.84. The minimum Gasteiger partial charge on any atom is -0.481 e. The first-order valence-electron chi connectivity index (χ1n) is 9.55. The number of amides is 1. The number of hydrogen-bond donors (Lipinski definition) is 4. The molecule has 0 aromatic heterocycles. The van der Waals surface area contributed by atoms with Crippen LogP contribution >= 0.6 is 0 Å². The van der Waals surface area contributed by atoms with Crippen LogP contribution in [-0.2, 0) is 14.4 Å². The summed E-state index contributed by atoms with van der Waals surface area (Å²) < 4.78 is 31.7. The van der Waals surface area contributed by atoms with Crippen molar-refractivity contribution >= 4 is 17.8 Å². The number of halogens is 3. The van der Waals surface area contributed by atoms with Crippen LogP contribution in [0.5, 0.6) is 0 Å². The summed E-state index contributed by atoms with van der Waals surface area (Å²) in [5.74, 6) is -2.22. The predicted molar refractivity (Wildman–Crippen MR) is 94.3 cm³/mol. The van der Waals surface area contributed by atoms with Gasteiger partial charge in [-0.05, 0) is 69.7 Å². The van der Waals surface area contributed by atoms with Crippen LogP contribution in [0.4, 0.5) is 13.2 Å². The van der Waals surface area contributed by atoms with Crippen LogP contribution in [0.3, 0.4) is 0 Å². The Labute approximate surface area is 161 Å². The minimum atomic E-state index is -5.08. The summed E-state index contributed by atoms with van der Waals surface area (Å²) in [6.45, 7) is 1.45. The molecular formula is C18H29F3N2O5. The van der Waals surface area contributed by atoms with Crippen LogP contribution in [0, 0.1) is 23.7 Å². The number of nitrogens with two attached hydrogens (primary N) is 1. The zero-order valence-corrected chi connectivity index (χ0v) is 15.7. The van der Waals surface area contributed by atoms with E-state index in [9.17, 15) is 22.8 Å². The second kappa shape index (κ2) is 11.2. The van der Waals surface area contributed by atoms with Crippen molar-refractivity contribution in [3.63, 3.8) is 0 Å². The van der Waals surface area contributed by atoms with Crippen molar-refractivity contribution in [3.8, 4) is 0 Å². The average molecular weight is 410 g/mol. The molecule has 162 valence electrons. The van der Waals surface area contributed by atoms with E-state index in [0.717, 1.165) is 57.9 Å². The molecule has 2 saturated carbocycles. The highest BCUT2D eigenvalue weighted by Gasteiger charge is 2.38. The molecule has 0 bridgehead atoms. The van der Waals surface area contributed by atoms with Crippen LogP contribution in [0.2, 0.25) is 0 Å². The summed E-state index contributed by atoms with van der Waals surface area (Å²) in [7, 11) is 0. The van der Waals surface area contributed by atoms with E-state index >= 15 is 0 Å². The van der Waals surface area contributed by atoms with Crippen LogP contribution in [0.15, 0.2) is 0 Å². The SMILES string of the molecule is NCC1CCC(C(=O)NCC2CCC(C(=O)O)CC2)CC1.O=C(O)C(F)(F)F. The Morgan fingerprint density at radius 3 is 1.68 bits per heavy atom. The number of carbonyl (C=O) groups is 3. The van der Waals surface area contributed by atoms with Crippen molar-refractivity contribution in [1.82, 2.24) is 5.32 Å².